The average molecular weight is 253 g/mol. The maximum atomic E-state index is 9.74. The van der Waals surface area contributed by atoms with Crippen LogP contribution < -0.4 is 0 Å². The van der Waals surface area contributed by atoms with Crippen LogP contribution in [-0.2, 0) is 0 Å². The van der Waals surface area contributed by atoms with Gasteiger partial charge in [-0.3, -0.25) is 4.98 Å². The van der Waals surface area contributed by atoms with Crippen LogP contribution in [0.15, 0.2) is 36.5 Å². The van der Waals surface area contributed by atoms with Crippen molar-refractivity contribution in [3.8, 4) is 23.1 Å². The van der Waals surface area contributed by atoms with E-state index >= 15 is 0 Å². The zero-order chi connectivity index (χ0) is 13.4. The van der Waals surface area contributed by atoms with Crippen LogP contribution in [0.4, 0.5) is 0 Å². The fourth-order valence-electron chi connectivity index (χ4n) is 2.03. The van der Waals surface area contributed by atoms with Gasteiger partial charge in [-0.2, -0.15) is 9.97 Å². The molecule has 0 radical (unpaired) electrons. The molecule has 0 fully saturated rings. The SMILES string of the molecule is Cc1cccc(-c2nccc3c(O)nc(O)nc23)c1. The van der Waals surface area contributed by atoms with Crippen LogP contribution in [0.2, 0.25) is 0 Å². The van der Waals surface area contributed by atoms with Crippen molar-refractivity contribution in [2.75, 3.05) is 0 Å². The molecule has 2 heterocycles. The molecule has 0 atom stereocenters. The summed E-state index contributed by atoms with van der Waals surface area (Å²) >= 11 is 0. The number of aromatic hydroxyl groups is 2. The monoisotopic (exact) mass is 253 g/mol. The highest BCUT2D eigenvalue weighted by Crippen LogP contribution is 2.30. The quantitative estimate of drug-likeness (QED) is 0.696. The summed E-state index contributed by atoms with van der Waals surface area (Å²) in [4.78, 5) is 11.8. The number of nitrogens with zero attached hydrogens (tertiary/aromatic N) is 3. The number of pyridine rings is 1. The van der Waals surface area contributed by atoms with Gasteiger partial charge in [0.25, 0.3) is 0 Å². The molecule has 2 aromatic heterocycles. The zero-order valence-corrected chi connectivity index (χ0v) is 10.2. The zero-order valence-electron chi connectivity index (χ0n) is 10.2. The predicted octanol–water partition coefficient (Wildman–Crippen LogP) is 2.41. The van der Waals surface area contributed by atoms with Crippen molar-refractivity contribution in [1.82, 2.24) is 15.0 Å². The Morgan fingerprint density at radius 1 is 1.05 bits per heavy atom. The molecule has 94 valence electrons. The molecule has 0 spiro atoms. The lowest BCUT2D eigenvalue weighted by atomic mass is 10.1. The normalized spacial score (nSPS) is 10.8. The van der Waals surface area contributed by atoms with E-state index in [4.69, 9.17) is 0 Å². The first kappa shape index (κ1) is 11.4. The number of aromatic nitrogens is 3. The number of benzene rings is 1. The van der Waals surface area contributed by atoms with E-state index in [1.165, 1.54) is 0 Å². The molecule has 1 aromatic carbocycles. The highest BCUT2D eigenvalue weighted by molar-refractivity contribution is 5.94. The molecule has 5 nitrogen and oxygen atoms in total. The van der Waals surface area contributed by atoms with Crippen LogP contribution in [0.25, 0.3) is 22.2 Å². The summed E-state index contributed by atoms with van der Waals surface area (Å²) in [6.45, 7) is 1.98. The van der Waals surface area contributed by atoms with Gasteiger partial charge >= 0.3 is 6.01 Å². The van der Waals surface area contributed by atoms with Gasteiger partial charge in [0.05, 0.1) is 11.1 Å². The van der Waals surface area contributed by atoms with E-state index in [1.54, 1.807) is 12.3 Å². The van der Waals surface area contributed by atoms with Crippen LogP contribution in [-0.4, -0.2) is 25.2 Å². The molecule has 0 aliphatic heterocycles. The van der Waals surface area contributed by atoms with Crippen LogP contribution in [0, 0.1) is 6.92 Å². The van der Waals surface area contributed by atoms with Crippen molar-refractivity contribution in [1.29, 1.82) is 0 Å². The molecule has 0 unspecified atom stereocenters. The second-order valence-corrected chi connectivity index (χ2v) is 4.27. The molecular formula is C14H11N3O2. The summed E-state index contributed by atoms with van der Waals surface area (Å²) in [5, 5.41) is 19.6. The van der Waals surface area contributed by atoms with Gasteiger partial charge < -0.3 is 10.2 Å². The van der Waals surface area contributed by atoms with Gasteiger partial charge in [-0.25, -0.2) is 0 Å². The summed E-state index contributed by atoms with van der Waals surface area (Å²) < 4.78 is 0. The Balaban J connectivity index is 2.36. The van der Waals surface area contributed by atoms with E-state index in [-0.39, 0.29) is 5.88 Å². The number of rotatable bonds is 1. The van der Waals surface area contributed by atoms with Gasteiger partial charge in [0.2, 0.25) is 5.88 Å². The molecule has 3 aromatic rings. The number of hydrogen-bond donors (Lipinski definition) is 2. The second-order valence-electron chi connectivity index (χ2n) is 4.27. The summed E-state index contributed by atoms with van der Waals surface area (Å²) in [5.41, 5.74) is 3.01. The number of hydrogen-bond acceptors (Lipinski definition) is 5. The lowest BCUT2D eigenvalue weighted by molar-refractivity contribution is 0.403. The third-order valence-electron chi connectivity index (χ3n) is 2.87. The van der Waals surface area contributed by atoms with Crippen LogP contribution in [0.3, 0.4) is 0 Å². The van der Waals surface area contributed by atoms with Crippen molar-refractivity contribution in [2.24, 2.45) is 0 Å². The second kappa shape index (κ2) is 4.20. The molecular weight excluding hydrogens is 242 g/mol. The van der Waals surface area contributed by atoms with Crippen LogP contribution in [0.1, 0.15) is 5.56 Å². The molecule has 19 heavy (non-hydrogen) atoms. The van der Waals surface area contributed by atoms with E-state index in [0.717, 1.165) is 11.1 Å². The Morgan fingerprint density at radius 2 is 1.89 bits per heavy atom. The predicted molar refractivity (Wildman–Crippen MR) is 70.8 cm³/mol. The average Bonchev–Trinajstić information content (AvgIpc) is 2.38. The van der Waals surface area contributed by atoms with E-state index in [1.807, 2.05) is 31.2 Å². The van der Waals surface area contributed by atoms with Crippen molar-refractivity contribution in [2.45, 2.75) is 6.92 Å². The van der Waals surface area contributed by atoms with E-state index in [9.17, 15) is 10.2 Å². The van der Waals surface area contributed by atoms with Crippen molar-refractivity contribution < 1.29 is 10.2 Å². The Labute approximate surface area is 109 Å². The third-order valence-corrected chi connectivity index (χ3v) is 2.87. The van der Waals surface area contributed by atoms with Gasteiger partial charge in [-0.05, 0) is 19.1 Å². The van der Waals surface area contributed by atoms with E-state index in [2.05, 4.69) is 15.0 Å². The fraction of sp³-hybridized carbons (Fsp3) is 0.0714. The Hall–Kier alpha value is -2.69. The van der Waals surface area contributed by atoms with Gasteiger partial charge in [0.15, 0.2) is 0 Å². The lowest BCUT2D eigenvalue weighted by Crippen LogP contribution is -1.92. The first-order valence-electron chi connectivity index (χ1n) is 5.77. The van der Waals surface area contributed by atoms with E-state index < -0.39 is 6.01 Å². The molecule has 3 rings (SSSR count). The Kier molecular flexibility index (Phi) is 2.52. The highest BCUT2D eigenvalue weighted by Gasteiger charge is 2.12. The summed E-state index contributed by atoms with van der Waals surface area (Å²) in [6.07, 6.45) is 1.58. The standard InChI is InChI=1S/C14H11N3O2/c1-8-3-2-4-9(7-8)11-12-10(5-6-15-11)13(18)17-14(19)16-12/h2-7H,1H3,(H2,16,17,18,19). The first-order valence-corrected chi connectivity index (χ1v) is 5.77. The van der Waals surface area contributed by atoms with Crippen LogP contribution in [0.5, 0.6) is 11.9 Å². The number of aryl methyl sites for hydroxylation is 1. The maximum Gasteiger partial charge on any atom is 0.317 e. The van der Waals surface area contributed by atoms with E-state index in [0.29, 0.717) is 16.6 Å². The molecule has 0 bridgehead atoms. The molecule has 0 aliphatic rings. The maximum absolute atomic E-state index is 9.74. The lowest BCUT2D eigenvalue weighted by Gasteiger charge is -2.06. The van der Waals surface area contributed by atoms with Gasteiger partial charge in [0.1, 0.15) is 5.52 Å². The molecule has 0 aliphatic carbocycles. The minimum atomic E-state index is -0.466. The smallest absolute Gasteiger partial charge is 0.317 e. The van der Waals surface area contributed by atoms with Gasteiger partial charge in [-0.15, -0.1) is 0 Å². The van der Waals surface area contributed by atoms with Gasteiger partial charge in [0, 0.05) is 11.8 Å². The highest BCUT2D eigenvalue weighted by atomic mass is 16.3. The fourth-order valence-corrected chi connectivity index (χ4v) is 2.03. The topological polar surface area (TPSA) is 79.1 Å². The minimum Gasteiger partial charge on any atom is -0.493 e. The molecule has 2 N–H and O–H groups in total. The van der Waals surface area contributed by atoms with Crippen molar-refractivity contribution in [3.05, 3.63) is 42.1 Å². The van der Waals surface area contributed by atoms with Crippen LogP contribution >= 0.6 is 0 Å². The van der Waals surface area contributed by atoms with Crippen molar-refractivity contribution in [3.63, 3.8) is 0 Å². The third kappa shape index (κ3) is 1.95. The first-order chi connectivity index (χ1) is 9.15. The summed E-state index contributed by atoms with van der Waals surface area (Å²) in [6, 6.07) is 8.93. The molecule has 5 heteroatoms. The van der Waals surface area contributed by atoms with Gasteiger partial charge in [-0.1, -0.05) is 23.8 Å². The molecule has 0 saturated heterocycles. The summed E-state index contributed by atoms with van der Waals surface area (Å²) in [7, 11) is 0. The molecule has 0 saturated carbocycles. The minimum absolute atomic E-state index is 0.251. The Bertz CT molecular complexity index is 772. The summed E-state index contributed by atoms with van der Waals surface area (Å²) in [5.74, 6) is -0.251. The number of fused-ring (bicyclic) bond motifs is 1. The Morgan fingerprint density at radius 3 is 2.68 bits per heavy atom. The molecule has 0 amide bonds. The van der Waals surface area contributed by atoms with Crippen molar-refractivity contribution >= 4 is 10.9 Å². The largest absolute Gasteiger partial charge is 0.493 e.